The van der Waals surface area contributed by atoms with Crippen molar-refractivity contribution in [2.24, 2.45) is 7.05 Å². The molecular weight excluding hydrogens is 230 g/mol. The number of aromatic carboxylic acids is 1. The van der Waals surface area contributed by atoms with Crippen LogP contribution in [0.1, 0.15) is 21.5 Å². The Morgan fingerprint density at radius 2 is 2.28 bits per heavy atom. The Hall–Kier alpha value is -2.30. The first-order valence-electron chi connectivity index (χ1n) is 5.61. The van der Waals surface area contributed by atoms with Crippen LogP contribution in [-0.2, 0) is 13.6 Å². The van der Waals surface area contributed by atoms with Crippen LogP contribution < -0.4 is 5.32 Å². The number of aromatic nitrogens is 2. The van der Waals surface area contributed by atoms with E-state index in [-0.39, 0.29) is 5.56 Å². The van der Waals surface area contributed by atoms with Gasteiger partial charge in [0.2, 0.25) is 0 Å². The lowest BCUT2D eigenvalue weighted by Gasteiger charge is -2.09. The standard InChI is InChI=1S/C13H15N3O2/c1-9-3-4-11(13(17)18)5-12(9)14-6-10-7-15-16(2)8-10/h3-5,7-8,14H,6H2,1-2H3,(H,17,18). The van der Waals surface area contributed by atoms with Crippen molar-refractivity contribution in [3.05, 3.63) is 47.3 Å². The lowest BCUT2D eigenvalue weighted by Crippen LogP contribution is -2.03. The summed E-state index contributed by atoms with van der Waals surface area (Å²) in [5.41, 5.74) is 3.19. The van der Waals surface area contributed by atoms with Crippen LogP contribution in [0, 0.1) is 6.92 Å². The topological polar surface area (TPSA) is 67.2 Å². The van der Waals surface area contributed by atoms with Crippen molar-refractivity contribution >= 4 is 11.7 Å². The van der Waals surface area contributed by atoms with Crippen LogP contribution in [0.15, 0.2) is 30.6 Å². The number of anilines is 1. The summed E-state index contributed by atoms with van der Waals surface area (Å²) in [7, 11) is 1.86. The first kappa shape index (κ1) is 12.2. The van der Waals surface area contributed by atoms with Crippen molar-refractivity contribution < 1.29 is 9.90 Å². The minimum Gasteiger partial charge on any atom is -0.478 e. The third kappa shape index (κ3) is 2.68. The summed E-state index contributed by atoms with van der Waals surface area (Å²) in [6, 6.07) is 5.05. The van der Waals surface area contributed by atoms with Crippen LogP contribution in [0.2, 0.25) is 0 Å². The predicted octanol–water partition coefficient (Wildman–Crippen LogP) is 2.04. The summed E-state index contributed by atoms with van der Waals surface area (Å²) in [6.45, 7) is 2.56. The average Bonchev–Trinajstić information content (AvgIpc) is 2.74. The third-order valence-electron chi connectivity index (χ3n) is 2.73. The highest BCUT2D eigenvalue weighted by Crippen LogP contribution is 2.17. The maximum absolute atomic E-state index is 10.9. The van der Waals surface area contributed by atoms with Gasteiger partial charge in [0, 0.05) is 31.0 Å². The van der Waals surface area contributed by atoms with E-state index in [9.17, 15) is 4.79 Å². The van der Waals surface area contributed by atoms with Gasteiger partial charge in [0.15, 0.2) is 0 Å². The van der Waals surface area contributed by atoms with Gasteiger partial charge in [0.05, 0.1) is 11.8 Å². The molecule has 0 atom stereocenters. The van der Waals surface area contributed by atoms with Crippen LogP contribution in [0.4, 0.5) is 5.69 Å². The number of hydrogen-bond acceptors (Lipinski definition) is 3. The van der Waals surface area contributed by atoms with Gasteiger partial charge < -0.3 is 10.4 Å². The smallest absolute Gasteiger partial charge is 0.335 e. The number of rotatable bonds is 4. The van der Waals surface area contributed by atoms with Crippen molar-refractivity contribution in [3.63, 3.8) is 0 Å². The quantitative estimate of drug-likeness (QED) is 0.865. The fourth-order valence-corrected chi connectivity index (χ4v) is 1.71. The maximum Gasteiger partial charge on any atom is 0.335 e. The number of nitrogens with one attached hydrogen (secondary N) is 1. The molecule has 0 unspecified atom stereocenters. The van der Waals surface area contributed by atoms with E-state index in [0.29, 0.717) is 6.54 Å². The Kier molecular flexibility index (Phi) is 3.32. The van der Waals surface area contributed by atoms with Gasteiger partial charge in [0.25, 0.3) is 0 Å². The van der Waals surface area contributed by atoms with Crippen molar-refractivity contribution in [1.29, 1.82) is 0 Å². The zero-order chi connectivity index (χ0) is 13.1. The maximum atomic E-state index is 10.9. The van der Waals surface area contributed by atoms with E-state index >= 15 is 0 Å². The van der Waals surface area contributed by atoms with E-state index in [1.54, 1.807) is 29.1 Å². The second-order valence-corrected chi connectivity index (χ2v) is 4.21. The molecule has 0 fully saturated rings. The Morgan fingerprint density at radius 1 is 1.50 bits per heavy atom. The highest BCUT2D eigenvalue weighted by atomic mass is 16.4. The number of benzene rings is 1. The van der Waals surface area contributed by atoms with Crippen LogP contribution in [-0.4, -0.2) is 20.9 Å². The summed E-state index contributed by atoms with van der Waals surface area (Å²) in [6.07, 6.45) is 3.70. The van der Waals surface area contributed by atoms with Crippen LogP contribution in [0.5, 0.6) is 0 Å². The fourth-order valence-electron chi connectivity index (χ4n) is 1.71. The molecule has 0 amide bonds. The summed E-state index contributed by atoms with van der Waals surface area (Å²) < 4.78 is 1.73. The molecule has 0 aliphatic rings. The van der Waals surface area contributed by atoms with Crippen molar-refractivity contribution in [1.82, 2.24) is 9.78 Å². The molecular formula is C13H15N3O2. The molecule has 5 nitrogen and oxygen atoms in total. The van der Waals surface area contributed by atoms with E-state index in [4.69, 9.17) is 5.11 Å². The number of nitrogens with zero attached hydrogens (tertiary/aromatic N) is 2. The number of carbonyl (C=O) groups is 1. The van der Waals surface area contributed by atoms with E-state index in [1.165, 1.54) is 0 Å². The highest BCUT2D eigenvalue weighted by molar-refractivity contribution is 5.89. The molecule has 0 saturated heterocycles. The average molecular weight is 245 g/mol. The van der Waals surface area contributed by atoms with E-state index < -0.39 is 5.97 Å². The molecule has 2 aromatic rings. The highest BCUT2D eigenvalue weighted by Gasteiger charge is 2.06. The zero-order valence-electron chi connectivity index (χ0n) is 10.3. The molecule has 0 aliphatic carbocycles. The predicted molar refractivity (Wildman–Crippen MR) is 68.7 cm³/mol. The monoisotopic (exact) mass is 245 g/mol. The number of carboxylic acids is 1. The van der Waals surface area contributed by atoms with Gasteiger partial charge in [0.1, 0.15) is 0 Å². The summed E-state index contributed by atoms with van der Waals surface area (Å²) in [5.74, 6) is -0.917. The fraction of sp³-hybridized carbons (Fsp3) is 0.231. The molecule has 0 bridgehead atoms. The molecule has 94 valence electrons. The van der Waals surface area contributed by atoms with Gasteiger partial charge in [-0.05, 0) is 24.6 Å². The number of aryl methyl sites for hydroxylation is 2. The van der Waals surface area contributed by atoms with Crippen molar-refractivity contribution in [2.45, 2.75) is 13.5 Å². The van der Waals surface area contributed by atoms with Gasteiger partial charge in [-0.3, -0.25) is 4.68 Å². The largest absolute Gasteiger partial charge is 0.478 e. The zero-order valence-corrected chi connectivity index (χ0v) is 10.3. The second kappa shape index (κ2) is 4.91. The number of hydrogen-bond donors (Lipinski definition) is 2. The Bertz CT molecular complexity index is 575. The van der Waals surface area contributed by atoms with Crippen LogP contribution >= 0.6 is 0 Å². The molecule has 0 radical (unpaired) electrons. The molecule has 18 heavy (non-hydrogen) atoms. The lowest BCUT2D eigenvalue weighted by atomic mass is 10.1. The van der Waals surface area contributed by atoms with E-state index in [0.717, 1.165) is 16.8 Å². The van der Waals surface area contributed by atoms with Gasteiger partial charge in [-0.2, -0.15) is 5.10 Å². The first-order chi connectivity index (χ1) is 8.56. The number of carboxylic acid groups (broad SMARTS) is 1. The first-order valence-corrected chi connectivity index (χ1v) is 5.61. The molecule has 1 aromatic carbocycles. The van der Waals surface area contributed by atoms with Crippen LogP contribution in [0.3, 0.4) is 0 Å². The summed E-state index contributed by atoms with van der Waals surface area (Å²) in [4.78, 5) is 10.9. The molecule has 2 rings (SSSR count). The SMILES string of the molecule is Cc1ccc(C(=O)O)cc1NCc1cnn(C)c1. The molecule has 0 spiro atoms. The molecule has 0 saturated carbocycles. The van der Waals surface area contributed by atoms with Crippen LogP contribution in [0.25, 0.3) is 0 Å². The Labute approximate surface area is 105 Å². The summed E-state index contributed by atoms with van der Waals surface area (Å²) in [5, 5.41) is 16.2. The van der Waals surface area contributed by atoms with Crippen molar-refractivity contribution in [3.8, 4) is 0 Å². The molecule has 2 N–H and O–H groups in total. The van der Waals surface area contributed by atoms with Gasteiger partial charge in [-0.1, -0.05) is 6.07 Å². The van der Waals surface area contributed by atoms with Gasteiger partial charge in [-0.25, -0.2) is 4.79 Å². The minimum atomic E-state index is -0.917. The molecule has 0 aliphatic heterocycles. The lowest BCUT2D eigenvalue weighted by molar-refractivity contribution is 0.0697. The van der Waals surface area contributed by atoms with E-state index in [2.05, 4.69) is 10.4 Å². The Morgan fingerprint density at radius 3 is 2.89 bits per heavy atom. The molecule has 1 aromatic heterocycles. The third-order valence-corrected chi connectivity index (χ3v) is 2.73. The summed E-state index contributed by atoms with van der Waals surface area (Å²) >= 11 is 0. The Balaban J connectivity index is 2.13. The minimum absolute atomic E-state index is 0.286. The molecule has 5 heteroatoms. The van der Waals surface area contributed by atoms with Crippen molar-refractivity contribution in [2.75, 3.05) is 5.32 Å². The second-order valence-electron chi connectivity index (χ2n) is 4.21. The van der Waals surface area contributed by atoms with E-state index in [1.807, 2.05) is 20.2 Å². The van der Waals surface area contributed by atoms with Gasteiger partial charge >= 0.3 is 5.97 Å². The van der Waals surface area contributed by atoms with Gasteiger partial charge in [-0.15, -0.1) is 0 Å². The molecule has 1 heterocycles. The normalized spacial score (nSPS) is 10.3.